The van der Waals surface area contributed by atoms with Crippen LogP contribution < -0.4 is 0 Å². The smallest absolute Gasteiger partial charge is 0.381 e. The molecule has 170 valence electrons. The zero-order valence-corrected chi connectivity index (χ0v) is 18.5. The molecule has 1 fully saturated rings. The quantitative estimate of drug-likeness (QED) is 0.603. The Morgan fingerprint density at radius 2 is 1.84 bits per heavy atom. The van der Waals surface area contributed by atoms with E-state index in [0.29, 0.717) is 31.0 Å². The predicted molar refractivity (Wildman–Crippen MR) is 117 cm³/mol. The van der Waals surface area contributed by atoms with Crippen molar-refractivity contribution in [2.24, 2.45) is 0 Å². The molecule has 0 bridgehead atoms. The molecule has 0 radical (unpaired) electrons. The van der Waals surface area contributed by atoms with Crippen LogP contribution in [0.15, 0.2) is 70.4 Å². The first-order valence-electron chi connectivity index (χ1n) is 10.3. The fourth-order valence-corrected chi connectivity index (χ4v) is 4.96. The van der Waals surface area contributed by atoms with Gasteiger partial charge in [-0.15, -0.1) is 5.73 Å². The Balaban J connectivity index is 1.68. The summed E-state index contributed by atoms with van der Waals surface area (Å²) in [5, 5.41) is 0. The van der Waals surface area contributed by atoms with E-state index < -0.39 is 21.6 Å². The molecule has 32 heavy (non-hydrogen) atoms. The predicted octanol–water partition coefficient (Wildman–Crippen LogP) is 4.78. The van der Waals surface area contributed by atoms with Crippen LogP contribution in [0.5, 0.6) is 0 Å². The molecule has 0 atom stereocenters. The lowest BCUT2D eigenvalue weighted by molar-refractivity contribution is -0.0882. The highest BCUT2D eigenvalue weighted by Gasteiger charge is 2.34. The molecule has 0 N–H and O–H groups in total. The van der Waals surface area contributed by atoms with Crippen molar-refractivity contribution in [1.29, 1.82) is 0 Å². The van der Waals surface area contributed by atoms with Gasteiger partial charge in [-0.1, -0.05) is 12.6 Å². The van der Waals surface area contributed by atoms with E-state index in [4.69, 9.17) is 4.74 Å². The van der Waals surface area contributed by atoms with Crippen molar-refractivity contribution in [3.8, 4) is 0 Å². The van der Waals surface area contributed by atoms with Gasteiger partial charge in [-0.2, -0.15) is 13.2 Å². The second kappa shape index (κ2) is 8.43. The number of sulfone groups is 1. The van der Waals surface area contributed by atoms with E-state index >= 15 is 0 Å². The molecule has 2 heterocycles. The lowest BCUT2D eigenvalue weighted by Crippen LogP contribution is -2.22. The first kappa shape index (κ1) is 22.6. The van der Waals surface area contributed by atoms with Gasteiger partial charge >= 0.3 is 6.18 Å². The standard InChI is InChI=1S/C24H24F3NO3S/c1-16(28-14-18-4-3-5-20(24(25,26)27)12-19(18)15-28)23-13-21(32(2,29)30)6-7-22(23)17-8-10-31-11-9-17/h4-7,12-13,17H,1,8-11,14-15H2,2H3. The zero-order valence-electron chi connectivity index (χ0n) is 17.7. The van der Waals surface area contributed by atoms with Gasteiger partial charge in [0.2, 0.25) is 0 Å². The van der Waals surface area contributed by atoms with Gasteiger partial charge in [-0.05, 0) is 65.8 Å². The Kier molecular flexibility index (Phi) is 5.96. The van der Waals surface area contributed by atoms with Gasteiger partial charge in [0.1, 0.15) is 0 Å². The lowest BCUT2D eigenvalue weighted by Gasteiger charge is -2.29. The summed E-state index contributed by atoms with van der Waals surface area (Å²) >= 11 is 0. The molecular weight excluding hydrogens is 439 g/mol. The molecule has 8 heteroatoms. The Bertz CT molecular complexity index is 1180. The van der Waals surface area contributed by atoms with Crippen molar-refractivity contribution in [2.75, 3.05) is 32.6 Å². The van der Waals surface area contributed by atoms with Gasteiger partial charge < -0.3 is 9.64 Å². The third-order valence-corrected chi connectivity index (χ3v) is 7.21. The number of rotatable bonds is 4. The van der Waals surface area contributed by atoms with E-state index in [1.54, 1.807) is 18.2 Å². The number of hydrogen-bond donors (Lipinski definition) is 0. The van der Waals surface area contributed by atoms with Crippen LogP contribution >= 0.6 is 0 Å². The maximum Gasteiger partial charge on any atom is 0.417 e. The first-order chi connectivity index (χ1) is 15.0. The van der Waals surface area contributed by atoms with Crippen LogP contribution in [-0.2, 0) is 14.6 Å². The molecule has 0 amide bonds. The maximum atomic E-state index is 13.2. The summed E-state index contributed by atoms with van der Waals surface area (Å²) in [6.45, 7) is 6.13. The normalized spacial score (nSPS) is 19.8. The average Bonchev–Trinajstić information content (AvgIpc) is 3.03. The Labute approximate surface area is 186 Å². The molecule has 1 aliphatic carbocycles. The number of nitrogens with zero attached hydrogens (tertiary/aromatic N) is 1. The van der Waals surface area contributed by atoms with Crippen molar-refractivity contribution in [2.45, 2.75) is 29.8 Å². The van der Waals surface area contributed by atoms with Gasteiger partial charge in [0, 0.05) is 43.8 Å². The van der Waals surface area contributed by atoms with E-state index in [0.717, 1.165) is 47.9 Å². The number of ether oxygens (including phenoxy) is 1. The highest BCUT2D eigenvalue weighted by molar-refractivity contribution is 7.90. The van der Waals surface area contributed by atoms with Crippen LogP contribution in [0, 0.1) is 0 Å². The largest absolute Gasteiger partial charge is 0.417 e. The molecule has 0 aromatic heterocycles. The topological polar surface area (TPSA) is 46.6 Å². The SMILES string of the molecule is C=C(c1cc(S(C)(=O)=O)ccc1C1CCOCC1)N1CC2=C(C=C(C(F)(F)F)C=C=C2)C1. The summed E-state index contributed by atoms with van der Waals surface area (Å²) in [6, 6.07) is 5.09. The minimum absolute atomic E-state index is 0.195. The molecule has 0 saturated carbocycles. The molecule has 1 aromatic rings. The van der Waals surface area contributed by atoms with E-state index in [1.165, 1.54) is 0 Å². The van der Waals surface area contributed by atoms with E-state index in [-0.39, 0.29) is 17.4 Å². The summed E-state index contributed by atoms with van der Waals surface area (Å²) in [5.74, 6) is 0.206. The highest BCUT2D eigenvalue weighted by Crippen LogP contribution is 2.38. The monoisotopic (exact) mass is 463 g/mol. The molecule has 1 saturated heterocycles. The number of alkyl halides is 3. The fourth-order valence-electron chi connectivity index (χ4n) is 4.31. The van der Waals surface area contributed by atoms with Gasteiger partial charge in [-0.25, -0.2) is 8.42 Å². The van der Waals surface area contributed by atoms with Gasteiger partial charge in [0.25, 0.3) is 0 Å². The minimum atomic E-state index is -4.45. The summed E-state index contributed by atoms with van der Waals surface area (Å²) < 4.78 is 69.6. The van der Waals surface area contributed by atoms with Crippen molar-refractivity contribution in [3.05, 3.63) is 76.6 Å². The van der Waals surface area contributed by atoms with Crippen molar-refractivity contribution < 1.29 is 26.3 Å². The van der Waals surface area contributed by atoms with Crippen LogP contribution in [0.3, 0.4) is 0 Å². The zero-order chi connectivity index (χ0) is 23.1. The number of halogens is 3. The molecule has 2 aliphatic heterocycles. The molecule has 0 spiro atoms. The van der Waals surface area contributed by atoms with E-state index in [9.17, 15) is 21.6 Å². The molecule has 4 nitrogen and oxygen atoms in total. The second-order valence-electron chi connectivity index (χ2n) is 8.31. The number of benzene rings is 1. The average molecular weight is 464 g/mol. The van der Waals surface area contributed by atoms with Crippen LogP contribution in [-0.4, -0.2) is 52.1 Å². The molecule has 0 unspecified atom stereocenters. The molecule has 3 aliphatic rings. The van der Waals surface area contributed by atoms with Crippen molar-refractivity contribution >= 4 is 15.5 Å². The van der Waals surface area contributed by atoms with E-state index in [1.807, 2.05) is 11.0 Å². The first-order valence-corrected chi connectivity index (χ1v) is 12.2. The van der Waals surface area contributed by atoms with Crippen LogP contribution in [0.1, 0.15) is 29.9 Å². The number of allylic oxidation sites excluding steroid dienone is 1. The van der Waals surface area contributed by atoms with Crippen LogP contribution in [0.4, 0.5) is 13.2 Å². The van der Waals surface area contributed by atoms with Gasteiger partial charge in [0.05, 0.1) is 10.5 Å². The van der Waals surface area contributed by atoms with Crippen molar-refractivity contribution in [1.82, 2.24) is 4.90 Å². The van der Waals surface area contributed by atoms with Crippen molar-refractivity contribution in [3.63, 3.8) is 0 Å². The van der Waals surface area contributed by atoms with Crippen LogP contribution in [0.2, 0.25) is 0 Å². The molecule has 4 rings (SSSR count). The third kappa shape index (κ3) is 4.63. The van der Waals surface area contributed by atoms with Crippen LogP contribution in [0.25, 0.3) is 5.70 Å². The molecule has 1 aromatic carbocycles. The Hall–Kier alpha value is -2.54. The third-order valence-electron chi connectivity index (χ3n) is 6.09. The number of hydrogen-bond acceptors (Lipinski definition) is 4. The summed E-state index contributed by atoms with van der Waals surface area (Å²) in [5.41, 5.74) is 5.50. The highest BCUT2D eigenvalue weighted by atomic mass is 32.2. The summed E-state index contributed by atoms with van der Waals surface area (Å²) in [4.78, 5) is 2.09. The Morgan fingerprint density at radius 3 is 2.50 bits per heavy atom. The summed E-state index contributed by atoms with van der Waals surface area (Å²) in [6.07, 6.45) is 2.03. The summed E-state index contributed by atoms with van der Waals surface area (Å²) in [7, 11) is -3.43. The molecular formula is C24H24F3NO3S. The fraction of sp³-hybridized carbons (Fsp3) is 0.375. The van der Waals surface area contributed by atoms with Gasteiger partial charge in [0.15, 0.2) is 9.84 Å². The minimum Gasteiger partial charge on any atom is -0.381 e. The van der Waals surface area contributed by atoms with Gasteiger partial charge in [-0.3, -0.25) is 0 Å². The Morgan fingerprint density at radius 1 is 1.16 bits per heavy atom. The second-order valence-corrected chi connectivity index (χ2v) is 10.3. The lowest BCUT2D eigenvalue weighted by atomic mass is 9.87. The maximum absolute atomic E-state index is 13.2. The van der Waals surface area contributed by atoms with E-state index in [2.05, 4.69) is 12.3 Å².